The van der Waals surface area contributed by atoms with Crippen molar-refractivity contribution in [3.8, 4) is 0 Å². The van der Waals surface area contributed by atoms with Crippen LogP contribution < -0.4 is 4.31 Å². The van der Waals surface area contributed by atoms with Crippen LogP contribution in [0.2, 0.25) is 0 Å². The molecule has 2 heterocycles. The van der Waals surface area contributed by atoms with Crippen LogP contribution in [-0.4, -0.2) is 36.8 Å². The summed E-state index contributed by atoms with van der Waals surface area (Å²) in [5.74, 6) is -0.953. The van der Waals surface area contributed by atoms with Crippen LogP contribution in [0.1, 0.15) is 29.3 Å². The lowest BCUT2D eigenvalue weighted by molar-refractivity contribution is 0.0697. The van der Waals surface area contributed by atoms with Gasteiger partial charge in [0, 0.05) is 18.1 Å². The van der Waals surface area contributed by atoms with Crippen LogP contribution in [0, 0.1) is 0 Å². The molecule has 7 heteroatoms. The molecule has 0 spiro atoms. The fraction of sp³-hybridized carbons (Fsp3) is 0.357. The molecule has 2 aromatic rings. The molecular formula is C14H16N2O4S. The summed E-state index contributed by atoms with van der Waals surface area (Å²) in [6.45, 7) is 2.36. The maximum absolute atomic E-state index is 12.1. The highest BCUT2D eigenvalue weighted by Crippen LogP contribution is 2.34. The third kappa shape index (κ3) is 2.17. The standard InChI is InChI=1S/C14H16N2O4S/c1-2-9-8-15-13-11(9)6-10(14(17)18)7-12(13)16-4-3-5-21(16,19)20/h6-8,15H,2-5H2,1H3,(H,17,18). The molecule has 0 saturated carbocycles. The maximum Gasteiger partial charge on any atom is 0.335 e. The topological polar surface area (TPSA) is 90.5 Å². The van der Waals surface area contributed by atoms with Crippen molar-refractivity contribution in [3.05, 3.63) is 29.5 Å². The average Bonchev–Trinajstić information content (AvgIpc) is 3.00. The summed E-state index contributed by atoms with van der Waals surface area (Å²) in [7, 11) is -3.35. The predicted molar refractivity (Wildman–Crippen MR) is 80.4 cm³/mol. The molecule has 2 N–H and O–H groups in total. The van der Waals surface area contributed by atoms with E-state index in [0.717, 1.165) is 17.4 Å². The summed E-state index contributed by atoms with van der Waals surface area (Å²) >= 11 is 0. The van der Waals surface area contributed by atoms with Gasteiger partial charge in [0.15, 0.2) is 0 Å². The number of hydrogen-bond acceptors (Lipinski definition) is 3. The summed E-state index contributed by atoms with van der Waals surface area (Å²) in [6, 6.07) is 3.03. The van der Waals surface area contributed by atoms with Crippen LogP contribution in [0.25, 0.3) is 10.9 Å². The summed E-state index contributed by atoms with van der Waals surface area (Å²) < 4.78 is 25.6. The zero-order chi connectivity index (χ0) is 15.2. The number of hydrogen-bond donors (Lipinski definition) is 2. The van der Waals surface area contributed by atoms with Gasteiger partial charge in [-0.1, -0.05) is 6.92 Å². The van der Waals surface area contributed by atoms with Crippen LogP contribution in [0.15, 0.2) is 18.3 Å². The molecule has 21 heavy (non-hydrogen) atoms. The van der Waals surface area contributed by atoms with Crippen LogP contribution >= 0.6 is 0 Å². The number of carbonyl (C=O) groups is 1. The number of rotatable bonds is 3. The lowest BCUT2D eigenvalue weighted by Crippen LogP contribution is -2.25. The van der Waals surface area contributed by atoms with Gasteiger partial charge in [-0.3, -0.25) is 4.31 Å². The minimum Gasteiger partial charge on any atom is -0.478 e. The number of nitrogens with one attached hydrogen (secondary N) is 1. The van der Waals surface area contributed by atoms with Gasteiger partial charge in [-0.2, -0.15) is 0 Å². The van der Waals surface area contributed by atoms with Crippen molar-refractivity contribution in [2.24, 2.45) is 0 Å². The monoisotopic (exact) mass is 308 g/mol. The second-order valence-electron chi connectivity index (χ2n) is 5.13. The van der Waals surface area contributed by atoms with Crippen LogP contribution in [0.4, 0.5) is 5.69 Å². The van der Waals surface area contributed by atoms with Gasteiger partial charge >= 0.3 is 5.97 Å². The summed E-state index contributed by atoms with van der Waals surface area (Å²) in [5.41, 5.74) is 2.20. The Balaban J connectivity index is 2.30. The zero-order valence-electron chi connectivity index (χ0n) is 11.6. The molecule has 0 radical (unpaired) electrons. The third-order valence-electron chi connectivity index (χ3n) is 3.85. The zero-order valence-corrected chi connectivity index (χ0v) is 12.4. The smallest absolute Gasteiger partial charge is 0.335 e. The summed E-state index contributed by atoms with van der Waals surface area (Å²) in [6.07, 6.45) is 3.11. The largest absolute Gasteiger partial charge is 0.478 e. The van der Waals surface area contributed by atoms with E-state index in [-0.39, 0.29) is 11.3 Å². The Hall–Kier alpha value is -2.02. The third-order valence-corrected chi connectivity index (χ3v) is 5.71. The highest BCUT2D eigenvalue weighted by Gasteiger charge is 2.31. The Morgan fingerprint density at radius 1 is 1.43 bits per heavy atom. The number of fused-ring (bicyclic) bond motifs is 1. The number of H-pyrrole nitrogens is 1. The molecular weight excluding hydrogens is 292 g/mol. The molecule has 0 unspecified atom stereocenters. The molecule has 112 valence electrons. The lowest BCUT2D eigenvalue weighted by Gasteiger charge is -2.18. The number of carboxylic acid groups (broad SMARTS) is 1. The normalized spacial score (nSPS) is 17.5. The molecule has 1 saturated heterocycles. The molecule has 1 aromatic carbocycles. The molecule has 0 aliphatic carbocycles. The highest BCUT2D eigenvalue weighted by molar-refractivity contribution is 7.93. The van der Waals surface area contributed by atoms with Gasteiger partial charge in [-0.25, -0.2) is 13.2 Å². The van der Waals surface area contributed by atoms with E-state index in [9.17, 15) is 18.3 Å². The molecule has 3 rings (SSSR count). The highest BCUT2D eigenvalue weighted by atomic mass is 32.2. The molecule has 0 bridgehead atoms. The Bertz CT molecular complexity index is 823. The maximum atomic E-state index is 12.1. The SMILES string of the molecule is CCc1c[nH]c2c(N3CCCS3(=O)=O)cc(C(=O)O)cc12. The van der Waals surface area contributed by atoms with Crippen molar-refractivity contribution in [1.29, 1.82) is 0 Å². The fourth-order valence-electron chi connectivity index (χ4n) is 2.79. The number of aromatic carboxylic acids is 1. The van der Waals surface area contributed by atoms with E-state index in [1.54, 1.807) is 6.07 Å². The predicted octanol–water partition coefficient (Wildman–Crippen LogP) is 1.97. The Kier molecular flexibility index (Phi) is 3.16. The Labute approximate surface area is 122 Å². The van der Waals surface area contributed by atoms with E-state index in [1.807, 2.05) is 13.1 Å². The van der Waals surface area contributed by atoms with Crippen molar-refractivity contribution in [2.75, 3.05) is 16.6 Å². The van der Waals surface area contributed by atoms with Crippen LogP contribution in [-0.2, 0) is 16.4 Å². The minimum absolute atomic E-state index is 0.104. The summed E-state index contributed by atoms with van der Waals surface area (Å²) in [4.78, 5) is 14.4. The van der Waals surface area contributed by atoms with Gasteiger partial charge in [-0.05, 0) is 30.5 Å². The molecule has 1 fully saturated rings. The number of nitrogens with zero attached hydrogens (tertiary/aromatic N) is 1. The van der Waals surface area contributed by atoms with Crippen molar-refractivity contribution in [2.45, 2.75) is 19.8 Å². The second-order valence-corrected chi connectivity index (χ2v) is 7.15. The number of carboxylic acids is 1. The Morgan fingerprint density at radius 2 is 2.19 bits per heavy atom. The van der Waals surface area contributed by atoms with Gasteiger partial charge in [0.2, 0.25) is 10.0 Å². The van der Waals surface area contributed by atoms with Crippen LogP contribution in [0.5, 0.6) is 0 Å². The van der Waals surface area contributed by atoms with Gasteiger partial charge in [0.25, 0.3) is 0 Å². The number of aromatic amines is 1. The molecule has 1 aliphatic heterocycles. The van der Waals surface area contributed by atoms with Gasteiger partial charge in [-0.15, -0.1) is 0 Å². The van der Waals surface area contributed by atoms with Gasteiger partial charge in [0.05, 0.1) is 22.5 Å². The quantitative estimate of drug-likeness (QED) is 0.907. The summed E-state index contributed by atoms with van der Waals surface area (Å²) in [5, 5.41) is 10.0. The van der Waals surface area contributed by atoms with Crippen molar-refractivity contribution in [3.63, 3.8) is 0 Å². The fourth-order valence-corrected chi connectivity index (χ4v) is 4.36. The van der Waals surface area contributed by atoms with Gasteiger partial charge in [0.1, 0.15) is 0 Å². The average molecular weight is 308 g/mol. The first-order chi connectivity index (χ1) is 9.94. The van der Waals surface area contributed by atoms with E-state index in [1.165, 1.54) is 10.4 Å². The first kappa shape index (κ1) is 13.9. The molecule has 1 aromatic heterocycles. The van der Waals surface area contributed by atoms with Crippen molar-refractivity contribution in [1.82, 2.24) is 4.98 Å². The molecule has 0 atom stereocenters. The Morgan fingerprint density at radius 3 is 2.76 bits per heavy atom. The van der Waals surface area contributed by atoms with Crippen molar-refractivity contribution < 1.29 is 18.3 Å². The minimum atomic E-state index is -3.35. The number of aromatic nitrogens is 1. The van der Waals surface area contributed by atoms with Crippen molar-refractivity contribution >= 4 is 32.6 Å². The van der Waals surface area contributed by atoms with E-state index in [4.69, 9.17) is 0 Å². The van der Waals surface area contributed by atoms with E-state index in [0.29, 0.717) is 24.2 Å². The molecule has 6 nitrogen and oxygen atoms in total. The number of sulfonamides is 1. The molecule has 0 amide bonds. The number of anilines is 1. The van der Waals surface area contributed by atoms with Gasteiger partial charge < -0.3 is 10.1 Å². The second kappa shape index (κ2) is 4.77. The van der Waals surface area contributed by atoms with E-state index >= 15 is 0 Å². The first-order valence-electron chi connectivity index (χ1n) is 6.81. The van der Waals surface area contributed by atoms with E-state index in [2.05, 4.69) is 4.98 Å². The molecule has 1 aliphatic rings. The number of benzene rings is 1. The first-order valence-corrected chi connectivity index (χ1v) is 8.42. The number of aryl methyl sites for hydroxylation is 1. The van der Waals surface area contributed by atoms with Crippen LogP contribution in [0.3, 0.4) is 0 Å². The van der Waals surface area contributed by atoms with E-state index < -0.39 is 16.0 Å². The lowest BCUT2D eigenvalue weighted by atomic mass is 10.1.